The molecule has 0 N–H and O–H groups in total. The lowest BCUT2D eigenvalue weighted by Crippen LogP contribution is -2.32. The summed E-state index contributed by atoms with van der Waals surface area (Å²) in [5, 5.41) is 1.09. The van der Waals surface area contributed by atoms with Crippen LogP contribution in [0.3, 0.4) is 0 Å². The minimum atomic E-state index is -0.307. The predicted molar refractivity (Wildman–Crippen MR) is 135 cm³/mol. The fraction of sp³-hybridized carbons (Fsp3) is 0.310. The molecule has 0 unspecified atom stereocenters. The second-order valence-corrected chi connectivity index (χ2v) is 9.15. The molecule has 0 bridgehead atoms. The van der Waals surface area contributed by atoms with Gasteiger partial charge >= 0.3 is 5.97 Å². The predicted octanol–water partition coefficient (Wildman–Crippen LogP) is 5.31. The van der Waals surface area contributed by atoms with Crippen molar-refractivity contribution < 1.29 is 13.9 Å². The Kier molecular flexibility index (Phi) is 6.64. The van der Waals surface area contributed by atoms with Gasteiger partial charge in [0.05, 0.1) is 17.7 Å². The first-order valence-electron chi connectivity index (χ1n) is 12.2. The molecule has 0 atom stereocenters. The van der Waals surface area contributed by atoms with Crippen LogP contribution in [0.1, 0.15) is 45.2 Å². The molecule has 4 aromatic rings. The molecule has 0 saturated carbocycles. The van der Waals surface area contributed by atoms with Gasteiger partial charge in [-0.05, 0) is 60.7 Å². The molecule has 0 spiro atoms. The maximum atomic E-state index is 13.9. The molecule has 2 aromatic heterocycles. The Balaban J connectivity index is 1.54. The summed E-state index contributed by atoms with van der Waals surface area (Å²) < 4.78 is 21.6. The molecule has 6 heteroatoms. The first kappa shape index (κ1) is 23.2. The standard InChI is InChI=1S/C29H30FN3O2/c1-3-35-29(34)24-8-4-7-23-25-19-32(14-11-21-6-5-13-31-17-21)15-12-27(25)33(28(23)24)18-22-9-10-26(30)20(2)16-22/h4-10,13,16-17H,3,11-12,14-15,18-19H2,1-2H3. The van der Waals surface area contributed by atoms with E-state index in [9.17, 15) is 9.18 Å². The van der Waals surface area contributed by atoms with Crippen molar-refractivity contribution in [1.29, 1.82) is 0 Å². The molecule has 1 aliphatic heterocycles. The lowest BCUT2D eigenvalue weighted by Gasteiger charge is -2.28. The Morgan fingerprint density at radius 3 is 2.80 bits per heavy atom. The number of pyridine rings is 1. The number of hydrogen-bond donors (Lipinski definition) is 0. The van der Waals surface area contributed by atoms with Gasteiger partial charge in [-0.1, -0.05) is 30.3 Å². The highest BCUT2D eigenvalue weighted by Crippen LogP contribution is 2.34. The van der Waals surface area contributed by atoms with E-state index in [1.54, 1.807) is 13.1 Å². The Bertz CT molecular complexity index is 1360. The van der Waals surface area contributed by atoms with Crippen molar-refractivity contribution in [2.75, 3.05) is 19.7 Å². The maximum Gasteiger partial charge on any atom is 0.340 e. The average molecular weight is 472 g/mol. The van der Waals surface area contributed by atoms with E-state index < -0.39 is 0 Å². The molecule has 3 heterocycles. The van der Waals surface area contributed by atoms with Crippen molar-refractivity contribution in [3.05, 3.63) is 100 Å². The molecule has 0 fully saturated rings. The van der Waals surface area contributed by atoms with Crippen LogP contribution in [-0.2, 0) is 30.7 Å². The number of aryl methyl sites for hydroxylation is 1. The summed E-state index contributed by atoms with van der Waals surface area (Å²) in [5.41, 5.74) is 6.88. The van der Waals surface area contributed by atoms with E-state index in [-0.39, 0.29) is 11.8 Å². The van der Waals surface area contributed by atoms with Crippen LogP contribution in [-0.4, -0.2) is 40.1 Å². The quantitative estimate of drug-likeness (QED) is 0.343. The molecule has 5 rings (SSSR count). The van der Waals surface area contributed by atoms with Crippen molar-refractivity contribution in [2.45, 2.75) is 39.8 Å². The van der Waals surface area contributed by atoms with Crippen LogP contribution in [0, 0.1) is 12.7 Å². The Hall–Kier alpha value is -3.51. The van der Waals surface area contributed by atoms with Crippen LogP contribution < -0.4 is 0 Å². The Morgan fingerprint density at radius 2 is 2.03 bits per heavy atom. The number of rotatable bonds is 7. The molecule has 0 aliphatic carbocycles. The summed E-state index contributed by atoms with van der Waals surface area (Å²) in [4.78, 5) is 19.6. The Labute approximate surface area is 205 Å². The molecule has 180 valence electrons. The monoisotopic (exact) mass is 471 g/mol. The number of benzene rings is 2. The summed E-state index contributed by atoms with van der Waals surface area (Å²) in [5.74, 6) is -0.512. The van der Waals surface area contributed by atoms with Crippen LogP contribution in [0.5, 0.6) is 0 Å². The van der Waals surface area contributed by atoms with Crippen LogP contribution in [0.2, 0.25) is 0 Å². The molecule has 0 radical (unpaired) electrons. The van der Waals surface area contributed by atoms with Gasteiger partial charge in [0.25, 0.3) is 0 Å². The first-order valence-corrected chi connectivity index (χ1v) is 12.2. The third-order valence-corrected chi connectivity index (χ3v) is 6.85. The largest absolute Gasteiger partial charge is 0.462 e. The highest BCUT2D eigenvalue weighted by Gasteiger charge is 2.27. The van der Waals surface area contributed by atoms with E-state index in [1.165, 1.54) is 22.9 Å². The van der Waals surface area contributed by atoms with Gasteiger partial charge in [-0.15, -0.1) is 0 Å². The minimum absolute atomic E-state index is 0.204. The van der Waals surface area contributed by atoms with E-state index >= 15 is 0 Å². The smallest absolute Gasteiger partial charge is 0.340 e. The number of halogens is 1. The maximum absolute atomic E-state index is 13.9. The SMILES string of the molecule is CCOC(=O)c1cccc2c3c(n(Cc4ccc(F)c(C)c4)c12)CCN(CCc1cccnc1)C3. The number of fused-ring (bicyclic) bond motifs is 3. The fourth-order valence-electron chi connectivity index (χ4n) is 5.12. The second-order valence-electron chi connectivity index (χ2n) is 9.15. The van der Waals surface area contributed by atoms with Gasteiger partial charge in [-0.25, -0.2) is 9.18 Å². The number of hydrogen-bond acceptors (Lipinski definition) is 4. The highest BCUT2D eigenvalue weighted by molar-refractivity contribution is 6.04. The molecular weight excluding hydrogens is 441 g/mol. The molecule has 35 heavy (non-hydrogen) atoms. The number of para-hydroxylation sites is 1. The molecule has 2 aromatic carbocycles. The third-order valence-electron chi connectivity index (χ3n) is 6.85. The van der Waals surface area contributed by atoms with Gasteiger partial charge in [-0.3, -0.25) is 9.88 Å². The lowest BCUT2D eigenvalue weighted by molar-refractivity contribution is 0.0528. The van der Waals surface area contributed by atoms with E-state index in [0.717, 1.165) is 48.9 Å². The molecule has 1 aliphatic rings. The van der Waals surface area contributed by atoms with Crippen molar-refractivity contribution in [1.82, 2.24) is 14.5 Å². The fourth-order valence-corrected chi connectivity index (χ4v) is 5.12. The van der Waals surface area contributed by atoms with E-state index in [0.29, 0.717) is 24.3 Å². The first-order chi connectivity index (χ1) is 17.0. The van der Waals surface area contributed by atoms with Gasteiger partial charge in [0.1, 0.15) is 5.82 Å². The zero-order valence-corrected chi connectivity index (χ0v) is 20.3. The Morgan fingerprint density at radius 1 is 1.14 bits per heavy atom. The van der Waals surface area contributed by atoms with Gasteiger partial charge in [0.15, 0.2) is 0 Å². The number of carbonyl (C=O) groups excluding carboxylic acids is 1. The van der Waals surface area contributed by atoms with Crippen molar-refractivity contribution in [2.24, 2.45) is 0 Å². The van der Waals surface area contributed by atoms with Crippen molar-refractivity contribution in [3.63, 3.8) is 0 Å². The molecule has 0 saturated heterocycles. The summed E-state index contributed by atoms with van der Waals surface area (Å²) in [6.07, 6.45) is 5.57. The number of ether oxygens (including phenoxy) is 1. The highest BCUT2D eigenvalue weighted by atomic mass is 19.1. The van der Waals surface area contributed by atoms with Gasteiger partial charge in [0, 0.05) is 56.1 Å². The average Bonchev–Trinajstić information content (AvgIpc) is 3.18. The van der Waals surface area contributed by atoms with Gasteiger partial charge in [0.2, 0.25) is 0 Å². The van der Waals surface area contributed by atoms with E-state index in [4.69, 9.17) is 4.74 Å². The summed E-state index contributed by atoms with van der Waals surface area (Å²) in [6.45, 7) is 7.24. The van der Waals surface area contributed by atoms with Crippen LogP contribution in [0.15, 0.2) is 60.9 Å². The number of nitrogens with zero attached hydrogens (tertiary/aromatic N) is 3. The normalized spacial score (nSPS) is 13.7. The summed E-state index contributed by atoms with van der Waals surface area (Å²) >= 11 is 0. The van der Waals surface area contributed by atoms with Crippen LogP contribution in [0.25, 0.3) is 10.9 Å². The topological polar surface area (TPSA) is 47.4 Å². The molecule has 0 amide bonds. The van der Waals surface area contributed by atoms with Crippen LogP contribution in [0.4, 0.5) is 4.39 Å². The zero-order valence-electron chi connectivity index (χ0n) is 20.3. The number of carbonyl (C=O) groups is 1. The number of aromatic nitrogens is 2. The second kappa shape index (κ2) is 10.0. The number of esters is 1. The zero-order chi connectivity index (χ0) is 24.4. The van der Waals surface area contributed by atoms with E-state index in [1.807, 2.05) is 43.5 Å². The van der Waals surface area contributed by atoms with Crippen LogP contribution >= 0.6 is 0 Å². The van der Waals surface area contributed by atoms with Crippen molar-refractivity contribution in [3.8, 4) is 0 Å². The summed E-state index contributed by atoms with van der Waals surface area (Å²) in [6, 6.07) is 15.2. The molecular formula is C29H30FN3O2. The summed E-state index contributed by atoms with van der Waals surface area (Å²) in [7, 11) is 0. The minimum Gasteiger partial charge on any atom is -0.462 e. The van der Waals surface area contributed by atoms with Crippen molar-refractivity contribution >= 4 is 16.9 Å². The molecule has 5 nitrogen and oxygen atoms in total. The van der Waals surface area contributed by atoms with E-state index in [2.05, 4.69) is 26.6 Å². The third kappa shape index (κ3) is 4.71. The van der Waals surface area contributed by atoms with Gasteiger partial charge < -0.3 is 9.30 Å². The lowest BCUT2D eigenvalue weighted by atomic mass is 10.0. The van der Waals surface area contributed by atoms with Gasteiger partial charge in [-0.2, -0.15) is 0 Å².